The minimum atomic E-state index is -0.215. The number of oxazole rings is 1. The molecule has 0 spiro atoms. The molecule has 6 nitrogen and oxygen atoms in total. The zero-order chi connectivity index (χ0) is 16.1. The van der Waals surface area contributed by atoms with Crippen LogP contribution < -0.4 is 15.4 Å². The van der Waals surface area contributed by atoms with Crippen LogP contribution in [0.25, 0.3) is 0 Å². The largest absolute Gasteiger partial charge is 0.496 e. The molecule has 0 aliphatic carbocycles. The Kier molecular flexibility index (Phi) is 4.92. The number of nitrogens with one attached hydrogen (secondary N) is 2. The Morgan fingerprint density at radius 3 is 3.13 bits per heavy atom. The van der Waals surface area contributed by atoms with Gasteiger partial charge in [0.05, 0.1) is 13.2 Å². The molecule has 2 heterocycles. The molecule has 2 aromatic rings. The van der Waals surface area contributed by atoms with Crippen molar-refractivity contribution in [1.29, 1.82) is 0 Å². The first-order valence-corrected chi connectivity index (χ1v) is 7.87. The standard InChI is InChI=1S/C17H21N3O3/c1-22-15-7-3-2-5-12(15)8-10-19-16(21)14-11-23-17(20-14)13-6-4-9-18-13/h2-3,5,7,11,13,18H,4,6,8-10H2,1H3,(H,19,21). The molecule has 0 saturated carbocycles. The number of benzene rings is 1. The molecule has 2 N–H and O–H groups in total. The van der Waals surface area contributed by atoms with Crippen LogP contribution in [-0.4, -0.2) is 31.1 Å². The number of carbonyl (C=O) groups is 1. The SMILES string of the molecule is COc1ccccc1CCNC(=O)c1coc(C2CCCN2)n1. The summed E-state index contributed by atoms with van der Waals surface area (Å²) < 4.78 is 10.7. The average molecular weight is 315 g/mol. The minimum Gasteiger partial charge on any atom is -0.496 e. The Hall–Kier alpha value is -2.34. The molecule has 23 heavy (non-hydrogen) atoms. The van der Waals surface area contributed by atoms with Crippen molar-refractivity contribution in [3.63, 3.8) is 0 Å². The molecule has 1 aliphatic heterocycles. The van der Waals surface area contributed by atoms with Crippen LogP contribution in [-0.2, 0) is 6.42 Å². The third kappa shape index (κ3) is 3.71. The van der Waals surface area contributed by atoms with Gasteiger partial charge >= 0.3 is 0 Å². The van der Waals surface area contributed by atoms with Crippen LogP contribution in [0.4, 0.5) is 0 Å². The van der Waals surface area contributed by atoms with Crippen molar-refractivity contribution in [2.24, 2.45) is 0 Å². The predicted molar refractivity (Wildman–Crippen MR) is 85.5 cm³/mol. The molecule has 1 amide bonds. The fourth-order valence-corrected chi connectivity index (χ4v) is 2.76. The van der Waals surface area contributed by atoms with E-state index >= 15 is 0 Å². The fourth-order valence-electron chi connectivity index (χ4n) is 2.76. The second-order valence-corrected chi connectivity index (χ2v) is 5.54. The highest BCUT2D eigenvalue weighted by molar-refractivity contribution is 5.91. The lowest BCUT2D eigenvalue weighted by atomic mass is 10.1. The summed E-state index contributed by atoms with van der Waals surface area (Å²) in [4.78, 5) is 16.4. The molecule has 6 heteroatoms. The van der Waals surface area contributed by atoms with Gasteiger partial charge in [0.1, 0.15) is 12.0 Å². The third-order valence-electron chi connectivity index (χ3n) is 3.99. The zero-order valence-electron chi connectivity index (χ0n) is 13.2. The van der Waals surface area contributed by atoms with E-state index in [0.717, 1.165) is 30.7 Å². The lowest BCUT2D eigenvalue weighted by molar-refractivity contribution is 0.0949. The number of ether oxygens (including phenoxy) is 1. The number of methoxy groups -OCH3 is 1. The molecule has 122 valence electrons. The predicted octanol–water partition coefficient (Wildman–Crippen LogP) is 2.08. The van der Waals surface area contributed by atoms with E-state index in [-0.39, 0.29) is 11.9 Å². The van der Waals surface area contributed by atoms with Crippen LogP contribution in [0, 0.1) is 0 Å². The van der Waals surface area contributed by atoms with Gasteiger partial charge in [-0.25, -0.2) is 4.98 Å². The first-order chi connectivity index (χ1) is 11.3. The van der Waals surface area contributed by atoms with Crippen LogP contribution >= 0.6 is 0 Å². The normalized spacial score (nSPS) is 17.2. The van der Waals surface area contributed by atoms with Gasteiger partial charge in [-0.3, -0.25) is 4.79 Å². The number of rotatable bonds is 6. The van der Waals surface area contributed by atoms with Gasteiger partial charge in [-0.1, -0.05) is 18.2 Å². The molecule has 0 radical (unpaired) electrons. The van der Waals surface area contributed by atoms with Gasteiger partial charge in [0.25, 0.3) is 5.91 Å². The Bertz CT molecular complexity index is 663. The second kappa shape index (κ2) is 7.28. The van der Waals surface area contributed by atoms with Crippen LogP contribution in [0.5, 0.6) is 5.75 Å². The molecule has 3 rings (SSSR count). The van der Waals surface area contributed by atoms with E-state index in [2.05, 4.69) is 15.6 Å². The van der Waals surface area contributed by atoms with Crippen molar-refractivity contribution in [3.8, 4) is 5.75 Å². The highest BCUT2D eigenvalue weighted by atomic mass is 16.5. The maximum atomic E-state index is 12.1. The number of aromatic nitrogens is 1. The lowest BCUT2D eigenvalue weighted by Gasteiger charge is -2.08. The van der Waals surface area contributed by atoms with Gasteiger partial charge < -0.3 is 19.8 Å². The van der Waals surface area contributed by atoms with E-state index < -0.39 is 0 Å². The van der Waals surface area contributed by atoms with Crippen molar-refractivity contribution < 1.29 is 13.9 Å². The van der Waals surface area contributed by atoms with Crippen LogP contribution in [0.3, 0.4) is 0 Å². The maximum Gasteiger partial charge on any atom is 0.273 e. The summed E-state index contributed by atoms with van der Waals surface area (Å²) in [5.74, 6) is 1.21. The summed E-state index contributed by atoms with van der Waals surface area (Å²) in [6.45, 7) is 1.48. The van der Waals surface area contributed by atoms with Gasteiger partial charge in [-0.2, -0.15) is 0 Å². The van der Waals surface area contributed by atoms with E-state index in [1.54, 1.807) is 7.11 Å². The van der Waals surface area contributed by atoms with Crippen molar-refractivity contribution in [1.82, 2.24) is 15.6 Å². The minimum absolute atomic E-state index is 0.130. The molecule has 1 aromatic carbocycles. The van der Waals surface area contributed by atoms with Crippen LogP contribution in [0.1, 0.15) is 40.8 Å². The van der Waals surface area contributed by atoms with E-state index in [4.69, 9.17) is 9.15 Å². The number of nitrogens with zero attached hydrogens (tertiary/aromatic N) is 1. The summed E-state index contributed by atoms with van der Waals surface area (Å²) >= 11 is 0. The Morgan fingerprint density at radius 2 is 2.35 bits per heavy atom. The Morgan fingerprint density at radius 1 is 1.48 bits per heavy atom. The monoisotopic (exact) mass is 315 g/mol. The molecule has 1 atom stereocenters. The highest BCUT2D eigenvalue weighted by Crippen LogP contribution is 2.22. The molecule has 1 aromatic heterocycles. The summed E-state index contributed by atoms with van der Waals surface area (Å²) in [6, 6.07) is 7.92. The maximum absolute atomic E-state index is 12.1. The van der Waals surface area contributed by atoms with Gasteiger partial charge in [0.15, 0.2) is 5.69 Å². The van der Waals surface area contributed by atoms with E-state index in [1.165, 1.54) is 6.26 Å². The third-order valence-corrected chi connectivity index (χ3v) is 3.99. The number of para-hydroxylation sites is 1. The van der Waals surface area contributed by atoms with Crippen molar-refractivity contribution in [3.05, 3.63) is 47.7 Å². The topological polar surface area (TPSA) is 76.4 Å². The quantitative estimate of drug-likeness (QED) is 0.853. The summed E-state index contributed by atoms with van der Waals surface area (Å²) in [7, 11) is 1.64. The molecule has 1 saturated heterocycles. The number of carbonyl (C=O) groups excluding carboxylic acids is 1. The van der Waals surface area contributed by atoms with E-state index in [9.17, 15) is 4.79 Å². The molecule has 1 unspecified atom stereocenters. The number of hydrogen-bond acceptors (Lipinski definition) is 5. The van der Waals surface area contributed by atoms with Gasteiger partial charge in [0, 0.05) is 6.54 Å². The van der Waals surface area contributed by atoms with Crippen molar-refractivity contribution >= 4 is 5.91 Å². The number of hydrogen-bond donors (Lipinski definition) is 2. The summed E-state index contributed by atoms with van der Waals surface area (Å²) in [5.41, 5.74) is 1.39. The molecule has 0 bridgehead atoms. The second-order valence-electron chi connectivity index (χ2n) is 5.54. The Labute approximate surface area is 135 Å². The van der Waals surface area contributed by atoms with Crippen molar-refractivity contribution in [2.45, 2.75) is 25.3 Å². The Balaban J connectivity index is 1.53. The van der Waals surface area contributed by atoms with E-state index in [1.807, 2.05) is 24.3 Å². The zero-order valence-corrected chi connectivity index (χ0v) is 13.2. The lowest BCUT2D eigenvalue weighted by Crippen LogP contribution is -2.26. The molecule has 1 aliphatic rings. The van der Waals surface area contributed by atoms with Gasteiger partial charge in [0.2, 0.25) is 5.89 Å². The number of amides is 1. The molecular formula is C17H21N3O3. The van der Waals surface area contributed by atoms with Crippen LogP contribution in [0.15, 0.2) is 34.9 Å². The fraction of sp³-hybridized carbons (Fsp3) is 0.412. The summed E-state index contributed by atoms with van der Waals surface area (Å²) in [5, 5.41) is 6.17. The first-order valence-electron chi connectivity index (χ1n) is 7.87. The first kappa shape index (κ1) is 15.6. The van der Waals surface area contributed by atoms with Crippen LogP contribution in [0.2, 0.25) is 0 Å². The van der Waals surface area contributed by atoms with Gasteiger partial charge in [-0.15, -0.1) is 0 Å². The smallest absolute Gasteiger partial charge is 0.273 e. The average Bonchev–Trinajstić information content (AvgIpc) is 3.26. The highest BCUT2D eigenvalue weighted by Gasteiger charge is 2.22. The molecular weight excluding hydrogens is 294 g/mol. The summed E-state index contributed by atoms with van der Waals surface area (Å²) in [6.07, 6.45) is 4.22. The van der Waals surface area contributed by atoms with Crippen molar-refractivity contribution in [2.75, 3.05) is 20.2 Å². The van der Waals surface area contributed by atoms with E-state index in [0.29, 0.717) is 24.6 Å². The molecule has 1 fully saturated rings. The van der Waals surface area contributed by atoms with Gasteiger partial charge in [-0.05, 0) is 37.4 Å².